The third kappa shape index (κ3) is 4.56. The van der Waals surface area contributed by atoms with Crippen LogP contribution in [0.15, 0.2) is 17.8 Å². The van der Waals surface area contributed by atoms with Gasteiger partial charge in [0, 0.05) is 6.42 Å². The molecule has 1 amide bonds. The minimum absolute atomic E-state index is 0.0863. The molecule has 0 spiro atoms. The number of likely N-dealkylation sites (tertiary alicyclic amines) is 1. The summed E-state index contributed by atoms with van der Waals surface area (Å²) < 4.78 is 5.19. The zero-order valence-corrected chi connectivity index (χ0v) is 12.0. The summed E-state index contributed by atoms with van der Waals surface area (Å²) in [5.41, 5.74) is -0.190. The zero-order valence-electron chi connectivity index (χ0n) is 12.0. The molecule has 0 aromatic carbocycles. The zero-order chi connectivity index (χ0) is 15.3. The summed E-state index contributed by atoms with van der Waals surface area (Å²) in [5.74, 6) is -1.09. The average molecular weight is 284 g/mol. The molecule has 0 saturated carbocycles. The Kier molecular flexibility index (Phi) is 5.12. The second-order valence-corrected chi connectivity index (χ2v) is 5.41. The van der Waals surface area contributed by atoms with Crippen molar-refractivity contribution in [1.29, 1.82) is 0 Å². The minimum atomic E-state index is -1.09. The van der Waals surface area contributed by atoms with Gasteiger partial charge in [0.1, 0.15) is 18.2 Å². The molecule has 1 saturated heterocycles. The van der Waals surface area contributed by atoms with Gasteiger partial charge in [0.2, 0.25) is 0 Å². The van der Waals surface area contributed by atoms with E-state index in [1.165, 1.54) is 6.08 Å². The molecule has 1 heterocycles. The Hall–Kier alpha value is -2.05. The Morgan fingerprint density at radius 1 is 1.55 bits per heavy atom. The number of ether oxygens (including phenoxy) is 1. The molecule has 0 radical (unpaired) electrons. The molecular weight excluding hydrogens is 264 g/mol. The topological polar surface area (TPSA) is 88.4 Å². The van der Waals surface area contributed by atoms with E-state index in [0.717, 1.165) is 4.90 Å². The molecule has 1 rings (SSSR count). The van der Waals surface area contributed by atoms with Crippen molar-refractivity contribution in [3.05, 3.63) is 12.7 Å². The van der Waals surface area contributed by atoms with E-state index in [-0.39, 0.29) is 19.6 Å². The molecule has 0 aromatic rings. The Morgan fingerprint density at radius 2 is 2.20 bits per heavy atom. The SMILES string of the molecule is C=CCON=C1C[C@@H](C(=O)O)N(C(=O)OC(C)(C)C)C1. The van der Waals surface area contributed by atoms with Gasteiger partial charge in [-0.15, -0.1) is 0 Å². The van der Waals surface area contributed by atoms with E-state index < -0.39 is 23.7 Å². The Morgan fingerprint density at radius 3 is 2.70 bits per heavy atom. The van der Waals surface area contributed by atoms with Gasteiger partial charge in [0.15, 0.2) is 0 Å². The quantitative estimate of drug-likeness (QED) is 0.481. The number of carboxylic acids is 1. The van der Waals surface area contributed by atoms with E-state index >= 15 is 0 Å². The maximum Gasteiger partial charge on any atom is 0.411 e. The van der Waals surface area contributed by atoms with Gasteiger partial charge in [-0.2, -0.15) is 0 Å². The molecule has 7 nitrogen and oxygen atoms in total. The van der Waals surface area contributed by atoms with Crippen molar-refractivity contribution in [1.82, 2.24) is 4.90 Å². The van der Waals surface area contributed by atoms with Crippen molar-refractivity contribution in [3.63, 3.8) is 0 Å². The summed E-state index contributed by atoms with van der Waals surface area (Å²) in [7, 11) is 0. The Labute approximate surface area is 117 Å². The summed E-state index contributed by atoms with van der Waals surface area (Å²) in [6.45, 7) is 8.96. The maximum atomic E-state index is 12.0. The van der Waals surface area contributed by atoms with Crippen LogP contribution in [0.5, 0.6) is 0 Å². The third-order valence-corrected chi connectivity index (χ3v) is 2.46. The van der Waals surface area contributed by atoms with Crippen LogP contribution in [0.4, 0.5) is 4.79 Å². The molecule has 1 aliphatic rings. The van der Waals surface area contributed by atoms with Crippen molar-refractivity contribution in [2.75, 3.05) is 13.2 Å². The highest BCUT2D eigenvalue weighted by molar-refractivity contribution is 5.98. The lowest BCUT2D eigenvalue weighted by Gasteiger charge is -2.26. The molecule has 0 aromatic heterocycles. The number of nitrogens with zero attached hydrogens (tertiary/aromatic N) is 2. The molecule has 1 atom stereocenters. The summed E-state index contributed by atoms with van der Waals surface area (Å²) in [5, 5.41) is 13.0. The molecule has 7 heteroatoms. The van der Waals surface area contributed by atoms with E-state index in [1.807, 2.05) is 0 Å². The van der Waals surface area contributed by atoms with Crippen LogP contribution in [0.1, 0.15) is 27.2 Å². The number of rotatable bonds is 4. The van der Waals surface area contributed by atoms with E-state index in [1.54, 1.807) is 20.8 Å². The van der Waals surface area contributed by atoms with Gasteiger partial charge in [0.25, 0.3) is 0 Å². The minimum Gasteiger partial charge on any atom is -0.480 e. The molecule has 1 N–H and O–H groups in total. The van der Waals surface area contributed by atoms with Gasteiger partial charge in [-0.05, 0) is 20.8 Å². The summed E-state index contributed by atoms with van der Waals surface area (Å²) in [6.07, 6.45) is 0.990. The first-order valence-electron chi connectivity index (χ1n) is 6.25. The van der Waals surface area contributed by atoms with Gasteiger partial charge in [-0.1, -0.05) is 17.8 Å². The van der Waals surface area contributed by atoms with Gasteiger partial charge >= 0.3 is 12.1 Å². The van der Waals surface area contributed by atoms with Crippen LogP contribution >= 0.6 is 0 Å². The number of hydrogen-bond acceptors (Lipinski definition) is 5. The van der Waals surface area contributed by atoms with E-state index in [4.69, 9.17) is 14.7 Å². The van der Waals surface area contributed by atoms with Crippen molar-refractivity contribution in [2.24, 2.45) is 5.16 Å². The predicted molar refractivity (Wildman–Crippen MR) is 72.6 cm³/mol. The predicted octanol–water partition coefficient (Wildman–Crippen LogP) is 1.64. The summed E-state index contributed by atoms with van der Waals surface area (Å²) >= 11 is 0. The highest BCUT2D eigenvalue weighted by atomic mass is 16.6. The number of carboxylic acid groups (broad SMARTS) is 1. The second-order valence-electron chi connectivity index (χ2n) is 5.41. The van der Waals surface area contributed by atoms with E-state index in [2.05, 4.69) is 11.7 Å². The van der Waals surface area contributed by atoms with Crippen LogP contribution in [-0.4, -0.2) is 52.6 Å². The van der Waals surface area contributed by atoms with Crippen LogP contribution in [0.25, 0.3) is 0 Å². The van der Waals surface area contributed by atoms with Crippen molar-refractivity contribution in [2.45, 2.75) is 38.8 Å². The van der Waals surface area contributed by atoms with E-state index in [0.29, 0.717) is 5.71 Å². The van der Waals surface area contributed by atoms with Crippen molar-refractivity contribution < 1.29 is 24.3 Å². The molecule has 0 bridgehead atoms. The average Bonchev–Trinajstić information content (AvgIpc) is 2.71. The van der Waals surface area contributed by atoms with Gasteiger partial charge in [-0.25, -0.2) is 9.59 Å². The summed E-state index contributed by atoms with van der Waals surface area (Å²) in [6, 6.07) is -0.976. The molecule has 1 fully saturated rings. The number of carbonyl (C=O) groups is 2. The first kappa shape index (κ1) is 16.0. The lowest BCUT2D eigenvalue weighted by Crippen LogP contribution is -2.43. The molecule has 1 aliphatic heterocycles. The molecule has 112 valence electrons. The fourth-order valence-corrected chi connectivity index (χ4v) is 1.69. The second kappa shape index (κ2) is 6.40. The van der Waals surface area contributed by atoms with Crippen LogP contribution < -0.4 is 0 Å². The monoisotopic (exact) mass is 284 g/mol. The molecular formula is C13H20N2O5. The molecule has 20 heavy (non-hydrogen) atoms. The molecule has 0 unspecified atom stereocenters. The number of aliphatic carboxylic acids is 1. The largest absolute Gasteiger partial charge is 0.480 e. The maximum absolute atomic E-state index is 12.0. The Bertz CT molecular complexity index is 425. The number of amides is 1. The highest BCUT2D eigenvalue weighted by Gasteiger charge is 2.40. The lowest BCUT2D eigenvalue weighted by atomic mass is 10.2. The number of hydrogen-bond donors (Lipinski definition) is 1. The fourth-order valence-electron chi connectivity index (χ4n) is 1.69. The standard InChI is InChI=1S/C13H20N2O5/c1-5-6-19-14-9-7-10(11(16)17)15(8-9)12(18)20-13(2,3)4/h5,10H,1,6-8H2,2-4H3,(H,16,17)/t10-/m0/s1. The van der Waals surface area contributed by atoms with Gasteiger partial charge < -0.3 is 14.7 Å². The first-order valence-corrected chi connectivity index (χ1v) is 6.25. The Balaban J connectivity index is 2.77. The van der Waals surface area contributed by atoms with Gasteiger partial charge in [0.05, 0.1) is 12.3 Å². The van der Waals surface area contributed by atoms with Crippen LogP contribution in [0.3, 0.4) is 0 Å². The smallest absolute Gasteiger partial charge is 0.411 e. The fraction of sp³-hybridized carbons (Fsp3) is 0.615. The van der Waals surface area contributed by atoms with Crippen LogP contribution in [0, 0.1) is 0 Å². The summed E-state index contributed by atoms with van der Waals surface area (Å²) in [4.78, 5) is 29.2. The van der Waals surface area contributed by atoms with Gasteiger partial charge in [-0.3, -0.25) is 4.90 Å². The van der Waals surface area contributed by atoms with Crippen LogP contribution in [0.2, 0.25) is 0 Å². The number of carbonyl (C=O) groups excluding carboxylic acids is 1. The highest BCUT2D eigenvalue weighted by Crippen LogP contribution is 2.20. The first-order chi connectivity index (χ1) is 9.24. The van der Waals surface area contributed by atoms with E-state index in [9.17, 15) is 9.59 Å². The number of oxime groups is 1. The third-order valence-electron chi connectivity index (χ3n) is 2.46. The normalized spacial score (nSPS) is 20.9. The van der Waals surface area contributed by atoms with Crippen molar-refractivity contribution >= 4 is 17.8 Å². The molecule has 0 aliphatic carbocycles. The lowest BCUT2D eigenvalue weighted by molar-refractivity contribution is -0.142. The van der Waals surface area contributed by atoms with Crippen LogP contribution in [-0.2, 0) is 14.4 Å². The van der Waals surface area contributed by atoms with Crippen molar-refractivity contribution in [3.8, 4) is 0 Å².